The zero-order chi connectivity index (χ0) is 53.0. The van der Waals surface area contributed by atoms with Crippen LogP contribution in [-0.2, 0) is 36.6 Å². The number of amides is 5. The molecule has 16 nitrogen and oxygen atoms in total. The zero-order valence-corrected chi connectivity index (χ0v) is 41.8. The van der Waals surface area contributed by atoms with Crippen LogP contribution in [0.4, 0.5) is 24.5 Å². The molecule has 2 aliphatic rings. The van der Waals surface area contributed by atoms with Gasteiger partial charge >= 0.3 is 6.18 Å². The van der Waals surface area contributed by atoms with Crippen molar-refractivity contribution in [1.82, 2.24) is 25.8 Å². The number of carbonyl (C=O) groups excluding carboxylic acids is 5. The third kappa shape index (κ3) is 11.9. The van der Waals surface area contributed by atoms with E-state index in [1.165, 1.54) is 17.4 Å². The van der Waals surface area contributed by atoms with Gasteiger partial charge in [-0.2, -0.15) is 18.4 Å². The fourth-order valence-corrected chi connectivity index (χ4v) is 9.22. The minimum absolute atomic E-state index is 0.0275. The predicted molar refractivity (Wildman–Crippen MR) is 268 cm³/mol. The van der Waals surface area contributed by atoms with Crippen LogP contribution in [0, 0.1) is 23.7 Å². The number of benzene rings is 4. The van der Waals surface area contributed by atoms with Crippen LogP contribution in [0.1, 0.15) is 80.2 Å². The number of anilines is 2. The van der Waals surface area contributed by atoms with E-state index in [0.29, 0.717) is 23.4 Å². The lowest BCUT2D eigenvalue weighted by Crippen LogP contribution is -2.58. The topological polar surface area (TPSA) is 210 Å². The molecule has 0 bridgehead atoms. The normalized spacial score (nSPS) is 17.1. The average Bonchev–Trinajstić information content (AvgIpc) is 4.02. The van der Waals surface area contributed by atoms with Crippen molar-refractivity contribution >= 4 is 58.2 Å². The summed E-state index contributed by atoms with van der Waals surface area (Å²) in [6.07, 6.45) is -3.95. The summed E-state index contributed by atoms with van der Waals surface area (Å²) in [6.45, 7) is 10.6. The van der Waals surface area contributed by atoms with E-state index in [1.807, 2.05) is 31.2 Å². The number of carbonyl (C=O) groups is 5. The van der Waals surface area contributed by atoms with Gasteiger partial charge in [0, 0.05) is 49.5 Å². The van der Waals surface area contributed by atoms with Crippen LogP contribution in [0.5, 0.6) is 0 Å². The number of oxazole rings is 1. The van der Waals surface area contributed by atoms with Gasteiger partial charge in [0.15, 0.2) is 17.3 Å². The summed E-state index contributed by atoms with van der Waals surface area (Å²) in [4.78, 5) is 75.2. The summed E-state index contributed by atoms with van der Waals surface area (Å²) in [5.74, 6) is -1.70. The van der Waals surface area contributed by atoms with E-state index in [9.17, 15) is 47.5 Å². The number of nitrogens with one attached hydrogen (secondary N) is 3. The Morgan fingerprint density at radius 1 is 0.945 bits per heavy atom. The van der Waals surface area contributed by atoms with Crippen molar-refractivity contribution < 1.29 is 51.4 Å². The highest BCUT2D eigenvalue weighted by Crippen LogP contribution is 2.40. The molecule has 4 N–H and O–H groups in total. The number of likely N-dealkylation sites (tertiary alicyclic amines) is 1. The molecule has 0 spiro atoms. The number of aromatic nitrogens is 1. The Morgan fingerprint density at radius 2 is 1.58 bits per heavy atom. The highest BCUT2D eigenvalue weighted by Gasteiger charge is 2.51. The SMILES string of the molecule is Cc1ncoc1-c1ccc(CNC(=O)[C@@H]2C[C@@H](O)CN2C(=O)C(NC(=O)COCCCNC(=O)c2ccc(-c3ccc(N4C(=S)N(c5ccc(C#N)c(C(F)(F)F)c5)C(=O)C4(C)C)cc3)cc2)C(C)(C)C)cc1. The summed E-state index contributed by atoms with van der Waals surface area (Å²) in [5.41, 5.74) is 1.01. The number of thiocarbonyl (C=S) groups is 1. The number of alkyl halides is 3. The first-order valence-corrected chi connectivity index (χ1v) is 23.8. The van der Waals surface area contributed by atoms with Gasteiger partial charge in [-0.05, 0) is 104 Å². The Kier molecular flexibility index (Phi) is 15.9. The molecule has 0 radical (unpaired) electrons. The molecule has 3 heterocycles. The second-order valence-electron chi connectivity index (χ2n) is 19.4. The van der Waals surface area contributed by atoms with Crippen molar-refractivity contribution in [2.24, 2.45) is 5.41 Å². The second kappa shape index (κ2) is 21.7. The molecule has 5 amide bonds. The molecule has 3 atom stereocenters. The number of halogens is 3. The van der Waals surface area contributed by atoms with Gasteiger partial charge in [0.25, 0.3) is 11.8 Å². The number of rotatable bonds is 16. The fourth-order valence-electron chi connectivity index (χ4n) is 8.70. The Morgan fingerprint density at radius 3 is 2.18 bits per heavy atom. The molecular formula is C53H55F3N8O8S. The Balaban J connectivity index is 0.856. The highest BCUT2D eigenvalue weighted by molar-refractivity contribution is 7.81. The van der Waals surface area contributed by atoms with E-state index in [-0.39, 0.29) is 56.0 Å². The zero-order valence-electron chi connectivity index (χ0n) is 41.0. The van der Waals surface area contributed by atoms with Crippen LogP contribution in [-0.4, -0.2) is 99.7 Å². The van der Waals surface area contributed by atoms with Gasteiger partial charge in [0.2, 0.25) is 17.7 Å². The molecule has 1 unspecified atom stereocenters. The van der Waals surface area contributed by atoms with Crippen LogP contribution in [0.3, 0.4) is 0 Å². The smallest absolute Gasteiger partial charge is 0.417 e. The first-order valence-electron chi connectivity index (χ1n) is 23.4. The first kappa shape index (κ1) is 53.3. The molecule has 2 saturated heterocycles. The van der Waals surface area contributed by atoms with E-state index >= 15 is 0 Å². The standard InChI is InChI=1S/C53H55F3N8O8S/c1-31-44(72-30-60-31)35-10-8-32(9-11-35)27-59-47(68)42-25-40(65)28-62(42)48(69)45(51(2,3)4)61-43(66)29-71-23-7-22-58-46(67)36-14-12-33(13-15-36)34-16-19-38(20-17-34)64-50(73)63(49(70)52(64,5)6)39-21-18-37(26-57)41(24-39)53(54,55)56/h8-21,24,30,40,42,45,65H,7,22-23,25,27-29H2,1-6H3,(H,58,67)(H,59,68)(H,61,66)/t40-,42+,45?/m1/s1. The molecule has 7 rings (SSSR count). The summed E-state index contributed by atoms with van der Waals surface area (Å²) < 4.78 is 52.4. The monoisotopic (exact) mass is 1020 g/mol. The largest absolute Gasteiger partial charge is 0.443 e. The number of nitriles is 1. The van der Waals surface area contributed by atoms with E-state index in [0.717, 1.165) is 45.0 Å². The fraction of sp³-hybridized carbons (Fsp3) is 0.358. The Bertz CT molecular complexity index is 2930. The number of β-amino-alcohol motifs (C(OH)–C–C–N with tert-alkyl or cyclic N) is 1. The van der Waals surface area contributed by atoms with Crippen molar-refractivity contribution in [1.29, 1.82) is 5.26 Å². The lowest BCUT2D eigenvalue weighted by atomic mass is 9.85. The number of hydrogen-bond donors (Lipinski definition) is 4. The number of aliphatic hydroxyl groups excluding tert-OH is 1. The maximum absolute atomic E-state index is 14.0. The number of ether oxygens (including phenoxy) is 1. The number of hydrogen-bond acceptors (Lipinski definition) is 11. The van der Waals surface area contributed by atoms with Gasteiger partial charge < -0.3 is 40.0 Å². The minimum atomic E-state index is -4.82. The van der Waals surface area contributed by atoms with E-state index in [4.69, 9.17) is 21.4 Å². The van der Waals surface area contributed by atoms with Crippen LogP contribution in [0.15, 0.2) is 102 Å². The van der Waals surface area contributed by atoms with Crippen LogP contribution >= 0.6 is 12.2 Å². The van der Waals surface area contributed by atoms with Crippen molar-refractivity contribution in [3.8, 4) is 28.5 Å². The summed E-state index contributed by atoms with van der Waals surface area (Å²) >= 11 is 5.66. The van der Waals surface area contributed by atoms with Gasteiger partial charge in [-0.25, -0.2) is 4.98 Å². The summed E-state index contributed by atoms with van der Waals surface area (Å²) in [6, 6.07) is 23.9. The van der Waals surface area contributed by atoms with Crippen molar-refractivity contribution in [2.45, 2.75) is 90.8 Å². The molecule has 5 aromatic rings. The van der Waals surface area contributed by atoms with Gasteiger partial charge in [-0.3, -0.25) is 28.9 Å². The van der Waals surface area contributed by atoms with Crippen LogP contribution in [0.25, 0.3) is 22.5 Å². The number of aryl methyl sites for hydroxylation is 1. The first-order chi connectivity index (χ1) is 34.5. The third-order valence-electron chi connectivity index (χ3n) is 12.7. The van der Waals surface area contributed by atoms with E-state index < -0.39 is 70.1 Å². The molecule has 382 valence electrons. The molecule has 20 heteroatoms. The number of nitrogens with zero attached hydrogens (tertiary/aromatic N) is 5. The molecule has 2 fully saturated rings. The maximum atomic E-state index is 14.0. The highest BCUT2D eigenvalue weighted by atomic mass is 32.1. The van der Waals surface area contributed by atoms with Crippen LogP contribution < -0.4 is 25.8 Å². The molecule has 73 heavy (non-hydrogen) atoms. The quantitative estimate of drug-likeness (QED) is 0.0578. The summed E-state index contributed by atoms with van der Waals surface area (Å²) in [5, 5.41) is 28.2. The van der Waals surface area contributed by atoms with Gasteiger partial charge in [0.1, 0.15) is 24.2 Å². The van der Waals surface area contributed by atoms with Gasteiger partial charge in [-0.15, -0.1) is 0 Å². The molecule has 0 aliphatic carbocycles. The average molecular weight is 1020 g/mol. The van der Waals surface area contributed by atoms with E-state index in [2.05, 4.69) is 20.9 Å². The third-order valence-corrected chi connectivity index (χ3v) is 13.0. The number of aliphatic hydroxyl groups is 1. The lowest BCUT2D eigenvalue weighted by molar-refractivity contribution is -0.144. The maximum Gasteiger partial charge on any atom is 0.417 e. The van der Waals surface area contributed by atoms with Crippen molar-refractivity contribution in [3.05, 3.63) is 125 Å². The molecule has 0 saturated carbocycles. The Labute approximate surface area is 425 Å². The van der Waals surface area contributed by atoms with Crippen molar-refractivity contribution in [2.75, 3.05) is 36.1 Å². The molecule has 2 aliphatic heterocycles. The molecular weight excluding hydrogens is 966 g/mol. The second-order valence-corrected chi connectivity index (χ2v) is 19.8. The minimum Gasteiger partial charge on any atom is -0.443 e. The molecule has 1 aromatic heterocycles. The van der Waals surface area contributed by atoms with Crippen molar-refractivity contribution in [3.63, 3.8) is 0 Å². The summed E-state index contributed by atoms with van der Waals surface area (Å²) in [7, 11) is 0. The van der Waals surface area contributed by atoms with Crippen LogP contribution in [0.2, 0.25) is 0 Å². The van der Waals surface area contributed by atoms with Gasteiger partial charge in [0.05, 0.1) is 34.7 Å². The Hall–Kier alpha value is -7.47. The van der Waals surface area contributed by atoms with Gasteiger partial charge in [-0.1, -0.05) is 69.3 Å². The molecule has 4 aromatic carbocycles. The van der Waals surface area contributed by atoms with E-state index in [1.54, 1.807) is 94.1 Å². The lowest BCUT2D eigenvalue weighted by Gasteiger charge is -2.35. The predicted octanol–water partition coefficient (Wildman–Crippen LogP) is 7.07.